The molecule has 0 fully saturated rings. The number of amides is 1. The number of benzene rings is 2. The molecule has 0 spiro atoms. The van der Waals surface area contributed by atoms with E-state index in [1.807, 2.05) is 0 Å². The summed E-state index contributed by atoms with van der Waals surface area (Å²) in [4.78, 5) is 12.5. The van der Waals surface area contributed by atoms with Crippen molar-refractivity contribution in [1.82, 2.24) is 0 Å². The molecule has 2 aromatic rings. The Labute approximate surface area is 136 Å². The van der Waals surface area contributed by atoms with E-state index in [0.29, 0.717) is 17.9 Å². The monoisotopic (exact) mass is 333 g/mol. The van der Waals surface area contributed by atoms with Gasteiger partial charge in [-0.25, -0.2) is 8.42 Å². The first-order valence-electron chi connectivity index (χ1n) is 7.25. The molecule has 0 bridgehead atoms. The highest BCUT2D eigenvalue weighted by molar-refractivity contribution is 7.91. The van der Waals surface area contributed by atoms with Crippen molar-refractivity contribution in [2.24, 2.45) is 0 Å². The van der Waals surface area contributed by atoms with Crippen LogP contribution in [0.1, 0.15) is 23.7 Å². The average Bonchev–Trinajstić information content (AvgIpc) is 2.55. The van der Waals surface area contributed by atoms with E-state index in [2.05, 4.69) is 5.32 Å². The van der Waals surface area contributed by atoms with Gasteiger partial charge >= 0.3 is 0 Å². The third-order valence-electron chi connectivity index (χ3n) is 3.27. The quantitative estimate of drug-likeness (QED) is 0.881. The molecule has 0 aliphatic carbocycles. The van der Waals surface area contributed by atoms with Crippen LogP contribution in [0.2, 0.25) is 0 Å². The lowest BCUT2D eigenvalue weighted by Crippen LogP contribution is -2.17. The molecule has 0 aromatic heterocycles. The highest BCUT2D eigenvalue weighted by Crippen LogP contribution is 2.21. The van der Waals surface area contributed by atoms with Crippen molar-refractivity contribution in [2.75, 3.05) is 18.2 Å². The van der Waals surface area contributed by atoms with Crippen LogP contribution in [-0.4, -0.2) is 27.2 Å². The largest absolute Gasteiger partial charge is 0.497 e. The SMILES string of the molecule is CCCS(=O)(=O)c1ccccc1C(=O)Nc1cccc(OC)c1. The number of ether oxygens (including phenoxy) is 1. The second kappa shape index (κ2) is 7.28. The molecule has 1 N–H and O–H groups in total. The normalized spacial score (nSPS) is 11.0. The third kappa shape index (κ3) is 4.10. The number of carbonyl (C=O) groups is 1. The predicted octanol–water partition coefficient (Wildman–Crippen LogP) is 3.13. The summed E-state index contributed by atoms with van der Waals surface area (Å²) in [6.45, 7) is 1.79. The van der Waals surface area contributed by atoms with Gasteiger partial charge in [0.05, 0.1) is 23.3 Å². The average molecular weight is 333 g/mol. The van der Waals surface area contributed by atoms with Gasteiger partial charge in [-0.15, -0.1) is 0 Å². The number of hydrogen-bond acceptors (Lipinski definition) is 4. The minimum atomic E-state index is -3.48. The van der Waals surface area contributed by atoms with Crippen LogP contribution in [0.25, 0.3) is 0 Å². The lowest BCUT2D eigenvalue weighted by atomic mass is 10.2. The van der Waals surface area contributed by atoms with Crippen molar-refractivity contribution in [3.05, 3.63) is 54.1 Å². The summed E-state index contributed by atoms with van der Waals surface area (Å²) in [6.07, 6.45) is 0.494. The molecule has 0 atom stereocenters. The summed E-state index contributed by atoms with van der Waals surface area (Å²) in [5.74, 6) is 0.152. The number of rotatable bonds is 6. The van der Waals surface area contributed by atoms with E-state index in [1.165, 1.54) is 19.2 Å². The van der Waals surface area contributed by atoms with Gasteiger partial charge in [-0.1, -0.05) is 25.1 Å². The lowest BCUT2D eigenvalue weighted by Gasteiger charge is -2.11. The zero-order valence-electron chi connectivity index (χ0n) is 13.1. The molecule has 1 amide bonds. The molecule has 2 aromatic carbocycles. The van der Waals surface area contributed by atoms with Gasteiger partial charge in [0.1, 0.15) is 5.75 Å². The molecule has 6 heteroatoms. The Hall–Kier alpha value is -2.34. The van der Waals surface area contributed by atoms with Crippen molar-refractivity contribution < 1.29 is 17.9 Å². The van der Waals surface area contributed by atoms with E-state index in [-0.39, 0.29) is 16.2 Å². The van der Waals surface area contributed by atoms with Crippen LogP contribution in [0, 0.1) is 0 Å². The Bertz CT molecular complexity index is 800. The Kier molecular flexibility index (Phi) is 5.39. The summed E-state index contributed by atoms with van der Waals surface area (Å²) in [6, 6.07) is 13.1. The van der Waals surface area contributed by atoms with Gasteiger partial charge in [0.2, 0.25) is 0 Å². The van der Waals surface area contributed by atoms with Crippen LogP contribution < -0.4 is 10.1 Å². The molecule has 0 aliphatic rings. The minimum absolute atomic E-state index is 0.0104. The molecule has 0 radical (unpaired) electrons. The van der Waals surface area contributed by atoms with Crippen LogP contribution in [0.4, 0.5) is 5.69 Å². The summed E-state index contributed by atoms with van der Waals surface area (Å²) < 4.78 is 29.7. The van der Waals surface area contributed by atoms with E-state index in [9.17, 15) is 13.2 Å². The van der Waals surface area contributed by atoms with Crippen LogP contribution in [0.5, 0.6) is 5.75 Å². The molecule has 0 unspecified atom stereocenters. The summed E-state index contributed by atoms with van der Waals surface area (Å²) in [5, 5.41) is 2.70. The number of nitrogens with one attached hydrogen (secondary N) is 1. The smallest absolute Gasteiger partial charge is 0.256 e. The molecule has 0 aliphatic heterocycles. The second-order valence-electron chi connectivity index (χ2n) is 5.00. The van der Waals surface area contributed by atoms with E-state index >= 15 is 0 Å². The van der Waals surface area contributed by atoms with Gasteiger partial charge in [-0.05, 0) is 30.7 Å². The van der Waals surface area contributed by atoms with Gasteiger partial charge in [-0.3, -0.25) is 4.79 Å². The molecular formula is C17H19NO4S. The zero-order valence-corrected chi connectivity index (χ0v) is 13.9. The van der Waals surface area contributed by atoms with Crippen LogP contribution >= 0.6 is 0 Å². The second-order valence-corrected chi connectivity index (χ2v) is 7.08. The first-order chi connectivity index (χ1) is 11.0. The van der Waals surface area contributed by atoms with Crippen molar-refractivity contribution >= 4 is 21.4 Å². The number of methoxy groups -OCH3 is 1. The fourth-order valence-electron chi connectivity index (χ4n) is 2.20. The number of sulfone groups is 1. The van der Waals surface area contributed by atoms with E-state index in [4.69, 9.17) is 4.74 Å². The van der Waals surface area contributed by atoms with Gasteiger partial charge in [0.15, 0.2) is 9.84 Å². The number of carbonyl (C=O) groups excluding carboxylic acids is 1. The maximum absolute atomic E-state index is 12.5. The van der Waals surface area contributed by atoms with Gasteiger partial charge in [-0.2, -0.15) is 0 Å². The Morgan fingerprint density at radius 2 is 1.87 bits per heavy atom. The Morgan fingerprint density at radius 3 is 2.57 bits per heavy atom. The van der Waals surface area contributed by atoms with Crippen molar-refractivity contribution in [3.63, 3.8) is 0 Å². The van der Waals surface area contributed by atoms with E-state index in [1.54, 1.807) is 43.3 Å². The van der Waals surface area contributed by atoms with Crippen molar-refractivity contribution in [1.29, 1.82) is 0 Å². The number of hydrogen-bond donors (Lipinski definition) is 1. The minimum Gasteiger partial charge on any atom is -0.497 e. The molecule has 23 heavy (non-hydrogen) atoms. The molecule has 5 nitrogen and oxygen atoms in total. The molecule has 0 heterocycles. The first-order valence-corrected chi connectivity index (χ1v) is 8.90. The van der Waals surface area contributed by atoms with Gasteiger partial charge in [0.25, 0.3) is 5.91 Å². The zero-order chi connectivity index (χ0) is 16.9. The van der Waals surface area contributed by atoms with Crippen molar-refractivity contribution in [3.8, 4) is 5.75 Å². The van der Waals surface area contributed by atoms with Gasteiger partial charge in [0, 0.05) is 11.8 Å². The molecule has 2 rings (SSSR count). The van der Waals surface area contributed by atoms with Crippen LogP contribution in [0.3, 0.4) is 0 Å². The molecule has 0 saturated heterocycles. The summed E-state index contributed by atoms with van der Waals surface area (Å²) >= 11 is 0. The molecular weight excluding hydrogens is 314 g/mol. The third-order valence-corrected chi connectivity index (χ3v) is 5.24. The predicted molar refractivity (Wildman–Crippen MR) is 89.7 cm³/mol. The maximum Gasteiger partial charge on any atom is 0.256 e. The topological polar surface area (TPSA) is 72.5 Å². The first kappa shape index (κ1) is 17.0. The maximum atomic E-state index is 12.5. The van der Waals surface area contributed by atoms with Crippen molar-refractivity contribution in [2.45, 2.75) is 18.2 Å². The fraction of sp³-hybridized carbons (Fsp3) is 0.235. The van der Waals surface area contributed by atoms with E-state index < -0.39 is 15.7 Å². The lowest BCUT2D eigenvalue weighted by molar-refractivity contribution is 0.102. The Morgan fingerprint density at radius 1 is 1.13 bits per heavy atom. The molecule has 0 saturated carbocycles. The Balaban J connectivity index is 2.33. The summed E-state index contributed by atoms with van der Waals surface area (Å²) in [5.41, 5.74) is 0.681. The fourth-order valence-corrected chi connectivity index (χ4v) is 3.74. The standard InChI is InChI=1S/C17H19NO4S/c1-3-11-23(20,21)16-10-5-4-9-15(16)17(19)18-13-7-6-8-14(12-13)22-2/h4-10,12H,3,11H2,1-2H3,(H,18,19). The highest BCUT2D eigenvalue weighted by Gasteiger charge is 2.21. The highest BCUT2D eigenvalue weighted by atomic mass is 32.2. The summed E-state index contributed by atoms with van der Waals surface area (Å²) in [7, 11) is -1.94. The van der Waals surface area contributed by atoms with Gasteiger partial charge < -0.3 is 10.1 Å². The molecule has 122 valence electrons. The van der Waals surface area contributed by atoms with Crippen LogP contribution in [-0.2, 0) is 9.84 Å². The van der Waals surface area contributed by atoms with Crippen LogP contribution in [0.15, 0.2) is 53.4 Å². The number of anilines is 1. The van der Waals surface area contributed by atoms with E-state index in [0.717, 1.165) is 0 Å².